The van der Waals surface area contributed by atoms with Crippen molar-refractivity contribution in [2.24, 2.45) is 0 Å². The molecule has 0 fully saturated rings. The van der Waals surface area contributed by atoms with Gasteiger partial charge in [-0.3, -0.25) is 0 Å². The Labute approximate surface area is 138 Å². The minimum absolute atomic E-state index is 0. The number of hydrogen-bond donors (Lipinski definition) is 1. The topological polar surface area (TPSA) is 20.2 Å². The molecular weight excluding hydrogens is 349 g/mol. The van der Waals surface area contributed by atoms with Gasteiger partial charge in [-0.2, -0.15) is 0 Å². The molecule has 0 spiro atoms. The van der Waals surface area contributed by atoms with Gasteiger partial charge in [0.25, 0.3) is 0 Å². The number of nitrogens with zero attached hydrogens (tertiary/aromatic N) is 1. The van der Waals surface area contributed by atoms with E-state index >= 15 is 0 Å². The van der Waals surface area contributed by atoms with Gasteiger partial charge in [-0.05, 0) is 12.8 Å². The van der Waals surface area contributed by atoms with Crippen LogP contribution in [0.2, 0.25) is 0 Å². The van der Waals surface area contributed by atoms with Crippen LogP contribution in [0.3, 0.4) is 0 Å². The van der Waals surface area contributed by atoms with E-state index in [2.05, 4.69) is 21.0 Å². The molecule has 3 heteroatoms. The first kappa shape index (κ1) is 21.9. The zero-order valence-corrected chi connectivity index (χ0v) is 15.6. The van der Waals surface area contributed by atoms with Crippen LogP contribution in [0, 0.1) is 0 Å². The van der Waals surface area contributed by atoms with Gasteiger partial charge < -0.3 is 33.6 Å². The van der Waals surface area contributed by atoms with Crippen molar-refractivity contribution in [1.82, 2.24) is 0 Å². The van der Waals surface area contributed by atoms with Crippen LogP contribution in [0.1, 0.15) is 71.1 Å². The van der Waals surface area contributed by atoms with E-state index in [0.29, 0.717) is 6.61 Å². The Kier molecular flexibility index (Phi) is 17.4. The van der Waals surface area contributed by atoms with Crippen molar-refractivity contribution >= 4 is 0 Å². The van der Waals surface area contributed by atoms with Gasteiger partial charge in [0.2, 0.25) is 0 Å². The molecule has 0 aliphatic heterocycles. The molecule has 0 aliphatic carbocycles. The SMILES string of the molecule is CCCCCCCCCCC[N+](C)(C)CCCO.[I-]. The molecule has 1 N–H and O–H groups in total. The van der Waals surface area contributed by atoms with Crippen LogP contribution in [0.5, 0.6) is 0 Å². The zero-order chi connectivity index (χ0) is 13.7. The van der Waals surface area contributed by atoms with Gasteiger partial charge in [-0.15, -0.1) is 0 Å². The van der Waals surface area contributed by atoms with Crippen LogP contribution >= 0.6 is 0 Å². The molecule has 0 aromatic carbocycles. The molecule has 0 atom stereocenters. The van der Waals surface area contributed by atoms with Gasteiger partial charge in [0.05, 0.1) is 27.2 Å². The molecule has 0 amide bonds. The van der Waals surface area contributed by atoms with Gasteiger partial charge in [0.15, 0.2) is 0 Å². The van der Waals surface area contributed by atoms with Gasteiger partial charge >= 0.3 is 0 Å². The minimum Gasteiger partial charge on any atom is -1.00 e. The lowest BCUT2D eigenvalue weighted by Gasteiger charge is -2.29. The number of aliphatic hydroxyl groups is 1. The summed E-state index contributed by atoms with van der Waals surface area (Å²) in [4.78, 5) is 0. The second-order valence-electron chi connectivity index (χ2n) is 6.29. The summed E-state index contributed by atoms with van der Waals surface area (Å²) < 4.78 is 1.07. The third-order valence-corrected chi connectivity index (χ3v) is 3.79. The Morgan fingerprint density at radius 1 is 0.684 bits per heavy atom. The zero-order valence-electron chi connectivity index (χ0n) is 13.5. The summed E-state index contributed by atoms with van der Waals surface area (Å²) in [6, 6.07) is 0. The molecule has 118 valence electrons. The van der Waals surface area contributed by atoms with Crippen molar-refractivity contribution in [3.8, 4) is 0 Å². The Hall–Kier alpha value is 0.650. The fourth-order valence-corrected chi connectivity index (χ4v) is 2.46. The lowest BCUT2D eigenvalue weighted by Crippen LogP contribution is -3.00. The van der Waals surface area contributed by atoms with Gasteiger partial charge in [0, 0.05) is 13.0 Å². The lowest BCUT2D eigenvalue weighted by molar-refractivity contribution is -0.890. The number of hydrogen-bond acceptors (Lipinski definition) is 1. The Bertz CT molecular complexity index is 174. The molecule has 0 unspecified atom stereocenters. The molecule has 0 aromatic rings. The average molecular weight is 385 g/mol. The molecule has 0 saturated carbocycles. The highest BCUT2D eigenvalue weighted by Gasteiger charge is 2.12. The molecule has 0 aliphatic rings. The van der Waals surface area contributed by atoms with Crippen LogP contribution in [-0.4, -0.2) is 43.4 Å². The second-order valence-corrected chi connectivity index (χ2v) is 6.29. The van der Waals surface area contributed by atoms with Gasteiger partial charge in [-0.1, -0.05) is 51.9 Å². The Morgan fingerprint density at radius 3 is 1.58 bits per heavy atom. The number of rotatable bonds is 13. The summed E-state index contributed by atoms with van der Waals surface area (Å²) in [6.07, 6.45) is 13.6. The van der Waals surface area contributed by atoms with Crippen molar-refractivity contribution in [3.63, 3.8) is 0 Å². The fourth-order valence-electron chi connectivity index (χ4n) is 2.46. The van der Waals surface area contributed by atoms with E-state index in [1.807, 2.05) is 0 Å². The highest BCUT2D eigenvalue weighted by atomic mass is 127. The molecule has 0 heterocycles. The Balaban J connectivity index is 0. The third kappa shape index (κ3) is 16.6. The highest BCUT2D eigenvalue weighted by molar-refractivity contribution is 4.47. The molecule has 0 rings (SSSR count). The first-order chi connectivity index (χ1) is 8.62. The van der Waals surface area contributed by atoms with Crippen LogP contribution in [-0.2, 0) is 0 Å². The maximum Gasteiger partial charge on any atom is 0.0804 e. The van der Waals surface area contributed by atoms with E-state index in [1.54, 1.807) is 0 Å². The van der Waals surface area contributed by atoms with Crippen LogP contribution in [0.15, 0.2) is 0 Å². The molecular formula is C16H36INO. The van der Waals surface area contributed by atoms with Crippen molar-refractivity contribution in [1.29, 1.82) is 0 Å². The highest BCUT2D eigenvalue weighted by Crippen LogP contribution is 2.11. The molecule has 0 aromatic heterocycles. The third-order valence-electron chi connectivity index (χ3n) is 3.79. The lowest BCUT2D eigenvalue weighted by atomic mass is 10.1. The minimum atomic E-state index is 0. The van der Waals surface area contributed by atoms with Gasteiger partial charge in [0.1, 0.15) is 0 Å². The van der Waals surface area contributed by atoms with Gasteiger partial charge in [-0.25, -0.2) is 0 Å². The monoisotopic (exact) mass is 385 g/mol. The number of quaternary nitrogens is 1. The number of aliphatic hydroxyl groups excluding tert-OH is 1. The predicted molar refractivity (Wildman–Crippen MR) is 80.8 cm³/mol. The first-order valence-electron chi connectivity index (χ1n) is 8.05. The quantitative estimate of drug-likeness (QED) is 0.285. The average Bonchev–Trinajstić information content (AvgIpc) is 2.34. The summed E-state index contributed by atoms with van der Waals surface area (Å²) in [5.74, 6) is 0. The van der Waals surface area contributed by atoms with Crippen LogP contribution in [0.4, 0.5) is 0 Å². The standard InChI is InChI=1S/C16H36NO.HI/c1-4-5-6-7-8-9-10-11-12-14-17(2,3)15-13-16-18;/h18H,4-16H2,1-3H3;1H/q+1;/p-1. The van der Waals surface area contributed by atoms with Crippen LogP contribution < -0.4 is 24.0 Å². The summed E-state index contributed by atoms with van der Waals surface area (Å²) >= 11 is 0. The predicted octanol–water partition coefficient (Wildman–Crippen LogP) is 0.980. The van der Waals surface area contributed by atoms with Crippen molar-refractivity contribution in [2.75, 3.05) is 33.8 Å². The Morgan fingerprint density at radius 2 is 1.11 bits per heavy atom. The second kappa shape index (κ2) is 15.0. The molecule has 0 bridgehead atoms. The van der Waals surface area contributed by atoms with E-state index in [4.69, 9.17) is 5.11 Å². The summed E-state index contributed by atoms with van der Waals surface area (Å²) in [5, 5.41) is 8.85. The molecule has 0 radical (unpaired) electrons. The van der Waals surface area contributed by atoms with Crippen LogP contribution in [0.25, 0.3) is 0 Å². The number of halogens is 1. The van der Waals surface area contributed by atoms with Crippen molar-refractivity contribution in [3.05, 3.63) is 0 Å². The summed E-state index contributed by atoms with van der Waals surface area (Å²) in [7, 11) is 4.56. The number of unbranched alkanes of at least 4 members (excludes halogenated alkanes) is 8. The molecule has 0 saturated heterocycles. The van der Waals surface area contributed by atoms with E-state index in [1.165, 1.54) is 64.3 Å². The first-order valence-corrected chi connectivity index (χ1v) is 8.05. The molecule has 2 nitrogen and oxygen atoms in total. The van der Waals surface area contributed by atoms with E-state index in [0.717, 1.165) is 17.4 Å². The van der Waals surface area contributed by atoms with Crippen molar-refractivity contribution < 1.29 is 33.6 Å². The maximum atomic E-state index is 8.85. The van der Waals surface area contributed by atoms with E-state index in [-0.39, 0.29) is 24.0 Å². The normalized spacial score (nSPS) is 11.4. The summed E-state index contributed by atoms with van der Waals surface area (Å²) in [5.41, 5.74) is 0. The van der Waals surface area contributed by atoms with Crippen molar-refractivity contribution in [2.45, 2.75) is 71.1 Å². The maximum absolute atomic E-state index is 8.85. The smallest absolute Gasteiger partial charge is 0.0804 e. The largest absolute Gasteiger partial charge is 1.00 e. The molecule has 19 heavy (non-hydrogen) atoms. The summed E-state index contributed by atoms with van der Waals surface area (Å²) in [6.45, 7) is 4.97. The van der Waals surface area contributed by atoms with E-state index < -0.39 is 0 Å². The fraction of sp³-hybridized carbons (Fsp3) is 1.00. The van der Waals surface area contributed by atoms with E-state index in [9.17, 15) is 0 Å².